The van der Waals surface area contributed by atoms with Gasteiger partial charge in [-0.3, -0.25) is 4.68 Å². The van der Waals surface area contributed by atoms with Crippen LogP contribution in [0.15, 0.2) is 10.6 Å². The van der Waals surface area contributed by atoms with Gasteiger partial charge in [0, 0.05) is 43.2 Å². The minimum atomic E-state index is -1.34. The molecule has 156 valence electrons. The van der Waals surface area contributed by atoms with Crippen LogP contribution >= 0.6 is 0 Å². The van der Waals surface area contributed by atoms with Gasteiger partial charge in [-0.25, -0.2) is 9.00 Å². The van der Waals surface area contributed by atoms with E-state index in [1.54, 1.807) is 4.90 Å². The Morgan fingerprint density at radius 1 is 1.21 bits per heavy atom. The van der Waals surface area contributed by atoms with Crippen molar-refractivity contribution < 1.29 is 13.7 Å². The summed E-state index contributed by atoms with van der Waals surface area (Å²) in [6.45, 7) is 12.7. The molecule has 0 radical (unpaired) electrons. The second-order valence-corrected chi connectivity index (χ2v) is 11.8. The maximum atomic E-state index is 12.8. The summed E-state index contributed by atoms with van der Waals surface area (Å²) in [4.78, 5) is 14.2. The fraction of sp³-hybridized carbons (Fsp3) is 0.750. The first-order chi connectivity index (χ1) is 12.8. The summed E-state index contributed by atoms with van der Waals surface area (Å²) in [5.74, 6) is 0. The van der Waals surface area contributed by atoms with Crippen LogP contribution in [-0.4, -0.2) is 54.1 Å². The Balaban J connectivity index is 1.86. The smallest absolute Gasteiger partial charge is 0.410 e. The number of ether oxygens (including phenoxy) is 1. The van der Waals surface area contributed by atoms with Crippen LogP contribution in [0.5, 0.6) is 0 Å². The number of carbonyl (C=O) groups excluding carboxylic acids is 1. The predicted molar refractivity (Wildman–Crippen MR) is 111 cm³/mol. The number of hydrogen-bond acceptors (Lipinski definition) is 4. The molecule has 1 atom stereocenters. The lowest BCUT2D eigenvalue weighted by Gasteiger charge is -2.40. The third-order valence-electron chi connectivity index (χ3n) is 5.40. The fourth-order valence-corrected chi connectivity index (χ4v) is 4.52. The van der Waals surface area contributed by atoms with E-state index in [0.29, 0.717) is 13.1 Å². The highest BCUT2D eigenvalue weighted by molar-refractivity contribution is 7.85. The first kappa shape index (κ1) is 21.0. The van der Waals surface area contributed by atoms with Gasteiger partial charge >= 0.3 is 6.09 Å². The van der Waals surface area contributed by atoms with E-state index < -0.39 is 21.3 Å². The standard InChI is InChI=1S/C20H32N4O3S/c1-18(2,3)27-17(25)24-10-8-20(9-11-24)12-15-14(13-21-23(15)7)16(20)22-28(26)19(4,5)6/h13H,8-12H2,1-7H3/b22-16-. The lowest BCUT2D eigenvalue weighted by molar-refractivity contribution is 0.0158. The molecule has 0 saturated carbocycles. The number of fused-ring (bicyclic) bond motifs is 1. The van der Waals surface area contributed by atoms with Crippen molar-refractivity contribution in [1.82, 2.24) is 14.7 Å². The number of rotatable bonds is 1. The molecule has 8 heteroatoms. The van der Waals surface area contributed by atoms with Gasteiger partial charge in [0.2, 0.25) is 0 Å². The highest BCUT2D eigenvalue weighted by Gasteiger charge is 2.48. The molecule has 2 heterocycles. The zero-order valence-electron chi connectivity index (χ0n) is 18.0. The topological polar surface area (TPSA) is 76.8 Å². The first-order valence-corrected chi connectivity index (χ1v) is 10.9. The summed E-state index contributed by atoms with van der Waals surface area (Å²) in [6.07, 6.45) is 3.95. The van der Waals surface area contributed by atoms with Crippen molar-refractivity contribution in [2.45, 2.75) is 71.2 Å². The Hall–Kier alpha value is -1.70. The van der Waals surface area contributed by atoms with Crippen molar-refractivity contribution in [3.05, 3.63) is 17.5 Å². The number of amides is 1. The molecule has 1 aromatic heterocycles. The van der Waals surface area contributed by atoms with Crippen LogP contribution in [0.2, 0.25) is 0 Å². The van der Waals surface area contributed by atoms with Crippen LogP contribution in [0.4, 0.5) is 4.79 Å². The molecule has 1 saturated heterocycles. The summed E-state index contributed by atoms with van der Waals surface area (Å²) in [5.41, 5.74) is 2.34. The highest BCUT2D eigenvalue weighted by atomic mass is 32.2. The summed E-state index contributed by atoms with van der Waals surface area (Å²) in [5, 5.41) is 4.37. The molecule has 1 aliphatic carbocycles. The Labute approximate surface area is 170 Å². The quantitative estimate of drug-likeness (QED) is 0.715. The summed E-state index contributed by atoms with van der Waals surface area (Å²) < 4.78 is 24.5. The van der Waals surface area contributed by atoms with E-state index in [0.717, 1.165) is 36.2 Å². The fourth-order valence-electron chi connectivity index (χ4n) is 3.78. The summed E-state index contributed by atoms with van der Waals surface area (Å²) in [7, 11) is 0.598. The van der Waals surface area contributed by atoms with Gasteiger partial charge in [0.15, 0.2) is 0 Å². The van der Waals surface area contributed by atoms with Crippen LogP contribution in [0, 0.1) is 5.41 Å². The zero-order valence-corrected chi connectivity index (χ0v) is 18.9. The van der Waals surface area contributed by atoms with Gasteiger partial charge in [0.25, 0.3) is 0 Å². The van der Waals surface area contributed by atoms with Crippen LogP contribution in [0.1, 0.15) is 65.6 Å². The molecule has 1 unspecified atom stereocenters. The van der Waals surface area contributed by atoms with Gasteiger partial charge in [0.05, 0.1) is 16.7 Å². The molecule has 0 aromatic carbocycles. The van der Waals surface area contributed by atoms with E-state index >= 15 is 0 Å². The van der Waals surface area contributed by atoms with E-state index in [9.17, 15) is 9.00 Å². The average Bonchev–Trinajstić information content (AvgIpc) is 3.04. The van der Waals surface area contributed by atoms with E-state index in [1.165, 1.54) is 0 Å². The third kappa shape index (κ3) is 4.02. The van der Waals surface area contributed by atoms with Crippen LogP contribution in [0.3, 0.4) is 0 Å². The SMILES string of the molecule is Cn1ncc2c1CC1(CCN(C(=O)OC(C)(C)C)CC1)/C2=N\S(=O)C(C)(C)C. The number of aromatic nitrogens is 2. The van der Waals surface area contributed by atoms with Gasteiger partial charge in [-0.2, -0.15) is 9.50 Å². The number of likely N-dealkylation sites (tertiary alicyclic amines) is 1. The molecule has 1 aliphatic heterocycles. The van der Waals surface area contributed by atoms with Crippen molar-refractivity contribution in [3.8, 4) is 0 Å². The monoisotopic (exact) mass is 408 g/mol. The Morgan fingerprint density at radius 3 is 2.36 bits per heavy atom. The molecule has 28 heavy (non-hydrogen) atoms. The molecule has 2 aliphatic rings. The lowest BCUT2D eigenvalue weighted by atomic mass is 9.75. The van der Waals surface area contributed by atoms with Crippen LogP contribution in [-0.2, 0) is 29.2 Å². The van der Waals surface area contributed by atoms with Crippen molar-refractivity contribution in [2.75, 3.05) is 13.1 Å². The number of hydrogen-bond donors (Lipinski definition) is 0. The number of piperidine rings is 1. The van der Waals surface area contributed by atoms with Crippen molar-refractivity contribution in [2.24, 2.45) is 16.9 Å². The van der Waals surface area contributed by atoms with Gasteiger partial charge in [0.1, 0.15) is 16.6 Å². The van der Waals surface area contributed by atoms with Gasteiger partial charge in [-0.05, 0) is 54.4 Å². The second kappa shape index (κ2) is 6.97. The average molecular weight is 409 g/mol. The van der Waals surface area contributed by atoms with Gasteiger partial charge in [-0.15, -0.1) is 0 Å². The van der Waals surface area contributed by atoms with Gasteiger partial charge in [-0.1, -0.05) is 0 Å². The minimum Gasteiger partial charge on any atom is -0.444 e. The van der Waals surface area contributed by atoms with E-state index in [-0.39, 0.29) is 11.5 Å². The molecule has 0 N–H and O–H groups in total. The van der Waals surface area contributed by atoms with E-state index in [1.807, 2.05) is 59.5 Å². The number of carbonyl (C=O) groups is 1. The minimum absolute atomic E-state index is 0.190. The molecule has 7 nitrogen and oxygen atoms in total. The molecule has 1 spiro atoms. The maximum Gasteiger partial charge on any atom is 0.410 e. The van der Waals surface area contributed by atoms with E-state index in [4.69, 9.17) is 9.13 Å². The highest BCUT2D eigenvalue weighted by Crippen LogP contribution is 2.45. The van der Waals surface area contributed by atoms with Crippen molar-refractivity contribution >= 4 is 22.8 Å². The Morgan fingerprint density at radius 2 is 1.82 bits per heavy atom. The summed E-state index contributed by atoms with van der Waals surface area (Å²) in [6, 6.07) is 0. The van der Waals surface area contributed by atoms with Crippen LogP contribution in [0.25, 0.3) is 0 Å². The largest absolute Gasteiger partial charge is 0.444 e. The second-order valence-electron chi connectivity index (χ2n) is 9.85. The molecule has 1 amide bonds. The normalized spacial score (nSPS) is 21.8. The van der Waals surface area contributed by atoms with Crippen LogP contribution < -0.4 is 0 Å². The third-order valence-corrected chi connectivity index (χ3v) is 6.79. The molecule has 3 rings (SSSR count). The molecule has 1 aromatic rings. The lowest BCUT2D eigenvalue weighted by Crippen LogP contribution is -2.47. The number of aryl methyl sites for hydroxylation is 1. The maximum absolute atomic E-state index is 12.8. The molecular weight excluding hydrogens is 376 g/mol. The van der Waals surface area contributed by atoms with Crippen molar-refractivity contribution in [1.29, 1.82) is 0 Å². The molecule has 0 bridgehead atoms. The number of nitrogens with zero attached hydrogens (tertiary/aromatic N) is 4. The summed E-state index contributed by atoms with van der Waals surface area (Å²) >= 11 is 0. The van der Waals surface area contributed by atoms with E-state index in [2.05, 4.69) is 5.10 Å². The molecule has 1 fully saturated rings. The predicted octanol–water partition coefficient (Wildman–Crippen LogP) is 3.24. The Kier molecular flexibility index (Phi) is 5.23. The first-order valence-electron chi connectivity index (χ1n) is 9.83. The molecular formula is C20H32N4O3S. The zero-order chi connectivity index (χ0) is 20.9. The van der Waals surface area contributed by atoms with Gasteiger partial charge < -0.3 is 9.64 Å². The Bertz CT molecular complexity index is 821. The van der Waals surface area contributed by atoms with Crippen molar-refractivity contribution in [3.63, 3.8) is 0 Å².